The molecule has 7 heteroatoms. The number of halogens is 1. The molecule has 1 fully saturated rings. The van der Waals surface area contributed by atoms with Gasteiger partial charge >= 0.3 is 0 Å². The van der Waals surface area contributed by atoms with E-state index in [1.54, 1.807) is 65.6 Å². The van der Waals surface area contributed by atoms with Crippen LogP contribution in [0.4, 0.5) is 10.1 Å². The number of rotatable bonds is 11. The molecule has 5 rings (SSSR count). The number of anilines is 1. The highest BCUT2D eigenvalue weighted by atomic mass is 19.1. The third kappa shape index (κ3) is 7.69. The fourth-order valence-corrected chi connectivity index (χ4v) is 5.27. The lowest BCUT2D eigenvalue weighted by Crippen LogP contribution is -2.43. The predicted molar refractivity (Wildman–Crippen MR) is 160 cm³/mol. The van der Waals surface area contributed by atoms with Crippen molar-refractivity contribution in [3.05, 3.63) is 126 Å². The van der Waals surface area contributed by atoms with E-state index in [-0.39, 0.29) is 42.2 Å². The Morgan fingerprint density at radius 2 is 1.40 bits per heavy atom. The molecule has 2 atom stereocenters. The van der Waals surface area contributed by atoms with E-state index in [9.17, 15) is 18.8 Å². The van der Waals surface area contributed by atoms with Crippen molar-refractivity contribution < 1.29 is 23.5 Å². The van der Waals surface area contributed by atoms with E-state index in [4.69, 9.17) is 4.74 Å². The molecule has 4 aromatic rings. The molecule has 0 aliphatic carbocycles. The highest BCUT2D eigenvalue weighted by Gasteiger charge is 2.39. The van der Waals surface area contributed by atoms with Crippen molar-refractivity contribution in [3.63, 3.8) is 0 Å². The fraction of sp³-hybridized carbons (Fsp3) is 0.229. The lowest BCUT2D eigenvalue weighted by Gasteiger charge is -2.24. The third-order valence-electron chi connectivity index (χ3n) is 7.53. The van der Waals surface area contributed by atoms with Crippen molar-refractivity contribution in [2.45, 2.75) is 38.1 Å². The number of likely N-dealkylation sites (tertiary alicyclic amines) is 1. The summed E-state index contributed by atoms with van der Waals surface area (Å²) >= 11 is 0. The van der Waals surface area contributed by atoms with Gasteiger partial charge in [0.05, 0.1) is 0 Å². The summed E-state index contributed by atoms with van der Waals surface area (Å²) in [7, 11) is 0. The quantitative estimate of drug-likeness (QED) is 0.198. The van der Waals surface area contributed by atoms with Crippen molar-refractivity contribution in [2.75, 3.05) is 11.9 Å². The maximum absolute atomic E-state index is 13.5. The van der Waals surface area contributed by atoms with E-state index in [0.717, 1.165) is 12.8 Å². The maximum atomic E-state index is 13.5. The molecule has 4 aromatic carbocycles. The number of nitrogens with zero attached hydrogens (tertiary/aromatic N) is 1. The van der Waals surface area contributed by atoms with Gasteiger partial charge in [0, 0.05) is 30.6 Å². The zero-order valence-electron chi connectivity index (χ0n) is 23.2. The summed E-state index contributed by atoms with van der Waals surface area (Å²) in [6, 6.07) is 31.1. The highest BCUT2D eigenvalue weighted by molar-refractivity contribution is 6.00. The molecule has 0 saturated carbocycles. The summed E-state index contributed by atoms with van der Waals surface area (Å²) in [6.07, 6.45) is 2.43. The van der Waals surface area contributed by atoms with Crippen molar-refractivity contribution in [1.29, 1.82) is 0 Å². The first kappa shape index (κ1) is 28.7. The zero-order chi connectivity index (χ0) is 29.3. The first-order chi connectivity index (χ1) is 20.4. The van der Waals surface area contributed by atoms with Crippen LogP contribution in [-0.2, 0) is 16.0 Å². The van der Waals surface area contributed by atoms with Gasteiger partial charge in [-0.15, -0.1) is 0 Å². The lowest BCUT2D eigenvalue weighted by atomic mass is 9.97. The number of amides is 2. The SMILES string of the molecule is O=C(CCC(=O)N1CC(CCc2ccccc2)CC1C(=O)Nc1ccc(Oc2ccc(F)cc2)cc1)c1ccccc1. The van der Waals surface area contributed by atoms with Crippen molar-refractivity contribution in [2.24, 2.45) is 5.92 Å². The Morgan fingerprint density at radius 1 is 0.786 bits per heavy atom. The van der Waals surface area contributed by atoms with E-state index in [0.29, 0.717) is 35.7 Å². The van der Waals surface area contributed by atoms with E-state index in [2.05, 4.69) is 17.4 Å². The van der Waals surface area contributed by atoms with Crippen LogP contribution in [0.2, 0.25) is 0 Å². The van der Waals surface area contributed by atoms with Gasteiger partial charge in [-0.25, -0.2) is 4.39 Å². The van der Waals surface area contributed by atoms with Crippen LogP contribution in [0.1, 0.15) is 41.6 Å². The predicted octanol–water partition coefficient (Wildman–Crippen LogP) is 7.07. The Bertz CT molecular complexity index is 1490. The van der Waals surface area contributed by atoms with Crippen LogP contribution in [0.3, 0.4) is 0 Å². The lowest BCUT2D eigenvalue weighted by molar-refractivity contribution is -0.136. The van der Waals surface area contributed by atoms with E-state index >= 15 is 0 Å². The summed E-state index contributed by atoms with van der Waals surface area (Å²) in [5.41, 5.74) is 2.37. The number of hydrogen-bond donors (Lipinski definition) is 1. The van der Waals surface area contributed by atoms with Gasteiger partial charge in [0.15, 0.2) is 5.78 Å². The summed E-state index contributed by atoms with van der Waals surface area (Å²) in [5.74, 6) is 0.331. The Labute approximate surface area is 245 Å². The molecule has 214 valence electrons. The summed E-state index contributed by atoms with van der Waals surface area (Å²) in [6.45, 7) is 0.480. The van der Waals surface area contributed by atoms with Crippen LogP contribution in [0.15, 0.2) is 109 Å². The van der Waals surface area contributed by atoms with Gasteiger partial charge in [-0.05, 0) is 79.3 Å². The van der Waals surface area contributed by atoms with Crippen LogP contribution in [0, 0.1) is 11.7 Å². The summed E-state index contributed by atoms with van der Waals surface area (Å²) < 4.78 is 18.9. The van der Waals surface area contributed by atoms with Gasteiger partial charge in [-0.3, -0.25) is 14.4 Å². The third-order valence-corrected chi connectivity index (χ3v) is 7.53. The molecular formula is C35H33FN2O4. The number of carbonyl (C=O) groups is 3. The van der Waals surface area contributed by atoms with Crippen molar-refractivity contribution in [3.8, 4) is 11.5 Å². The second-order valence-corrected chi connectivity index (χ2v) is 10.5. The number of hydrogen-bond acceptors (Lipinski definition) is 4. The first-order valence-electron chi connectivity index (χ1n) is 14.2. The van der Waals surface area contributed by atoms with Crippen LogP contribution in [-0.4, -0.2) is 35.1 Å². The minimum absolute atomic E-state index is 0.0539. The molecular weight excluding hydrogens is 531 g/mol. The van der Waals surface area contributed by atoms with E-state index < -0.39 is 6.04 Å². The largest absolute Gasteiger partial charge is 0.457 e. The molecule has 6 nitrogen and oxygen atoms in total. The molecule has 1 N–H and O–H groups in total. The molecule has 2 amide bonds. The molecule has 1 heterocycles. The molecule has 1 aliphatic rings. The van der Waals surface area contributed by atoms with Crippen LogP contribution in [0.5, 0.6) is 11.5 Å². The number of benzene rings is 4. The molecule has 0 radical (unpaired) electrons. The van der Waals surface area contributed by atoms with E-state index in [1.807, 2.05) is 24.3 Å². The van der Waals surface area contributed by atoms with E-state index in [1.165, 1.54) is 17.7 Å². The second kappa shape index (κ2) is 13.7. The van der Waals surface area contributed by atoms with Crippen LogP contribution < -0.4 is 10.1 Å². The molecule has 0 bridgehead atoms. The molecule has 1 saturated heterocycles. The van der Waals surface area contributed by atoms with Gasteiger partial charge in [-0.1, -0.05) is 60.7 Å². The number of nitrogens with one attached hydrogen (secondary N) is 1. The standard InChI is InChI=1S/C35H33FN2O4/c36-28-13-17-30(18-14-28)42-31-19-15-29(16-20-31)37-35(41)32-23-26(12-11-25-7-3-1-4-8-25)24-38(32)34(40)22-21-33(39)27-9-5-2-6-10-27/h1-10,13-20,26,32H,11-12,21-24H2,(H,37,41). The zero-order valence-corrected chi connectivity index (χ0v) is 23.2. The van der Waals surface area contributed by atoms with Gasteiger partial charge < -0.3 is 15.0 Å². The number of aryl methyl sites for hydroxylation is 1. The number of ether oxygens (including phenoxy) is 1. The second-order valence-electron chi connectivity index (χ2n) is 10.5. The first-order valence-corrected chi connectivity index (χ1v) is 14.2. The Morgan fingerprint density at radius 3 is 2.07 bits per heavy atom. The average molecular weight is 565 g/mol. The monoisotopic (exact) mass is 564 g/mol. The van der Waals surface area contributed by atoms with Crippen LogP contribution in [0.25, 0.3) is 0 Å². The average Bonchev–Trinajstić information content (AvgIpc) is 3.46. The van der Waals surface area contributed by atoms with Gasteiger partial charge in [0.2, 0.25) is 11.8 Å². The Balaban J connectivity index is 1.23. The molecule has 42 heavy (non-hydrogen) atoms. The Kier molecular flexibility index (Phi) is 9.39. The fourth-order valence-electron chi connectivity index (χ4n) is 5.27. The summed E-state index contributed by atoms with van der Waals surface area (Å²) in [4.78, 5) is 41.1. The number of carbonyl (C=O) groups excluding carboxylic acids is 3. The molecule has 0 spiro atoms. The summed E-state index contributed by atoms with van der Waals surface area (Å²) in [5, 5.41) is 2.95. The van der Waals surface area contributed by atoms with Gasteiger partial charge in [0.1, 0.15) is 23.4 Å². The van der Waals surface area contributed by atoms with Crippen molar-refractivity contribution in [1.82, 2.24) is 4.90 Å². The highest BCUT2D eigenvalue weighted by Crippen LogP contribution is 2.30. The molecule has 0 aromatic heterocycles. The smallest absolute Gasteiger partial charge is 0.247 e. The minimum atomic E-state index is -0.625. The minimum Gasteiger partial charge on any atom is -0.457 e. The Hall–Kier alpha value is -4.78. The van der Waals surface area contributed by atoms with Gasteiger partial charge in [0.25, 0.3) is 0 Å². The maximum Gasteiger partial charge on any atom is 0.247 e. The van der Waals surface area contributed by atoms with Gasteiger partial charge in [-0.2, -0.15) is 0 Å². The topological polar surface area (TPSA) is 75.7 Å². The number of ketones is 1. The van der Waals surface area contributed by atoms with Crippen LogP contribution >= 0.6 is 0 Å². The normalized spacial score (nSPS) is 16.2. The van der Waals surface area contributed by atoms with Crippen molar-refractivity contribution >= 4 is 23.3 Å². The number of Topliss-reactive ketones (excluding diaryl/α,β-unsaturated/α-hetero) is 1. The molecule has 1 aliphatic heterocycles. The molecule has 2 unspecified atom stereocenters.